The summed E-state index contributed by atoms with van der Waals surface area (Å²) in [6.07, 6.45) is 2.17. The lowest BCUT2D eigenvalue weighted by atomic mass is 10.0. The third kappa shape index (κ3) is 3.60. The standard InChI is InChI=1S/C17H18O3/c1-2-3-12-20-16-10-8-14(9-11-16)13-4-6-15(7-5-13)17(18)19/h4-11H,2-3,12H2,1H3,(H,18,19). The van der Waals surface area contributed by atoms with Crippen molar-refractivity contribution in [3.05, 3.63) is 54.1 Å². The maximum atomic E-state index is 10.8. The summed E-state index contributed by atoms with van der Waals surface area (Å²) in [5, 5.41) is 8.87. The van der Waals surface area contributed by atoms with Crippen LogP contribution in [0.4, 0.5) is 0 Å². The van der Waals surface area contributed by atoms with E-state index in [0.29, 0.717) is 5.56 Å². The van der Waals surface area contributed by atoms with E-state index in [9.17, 15) is 4.79 Å². The fraction of sp³-hybridized carbons (Fsp3) is 0.235. The Morgan fingerprint density at radius 3 is 2.05 bits per heavy atom. The number of unbranched alkanes of at least 4 members (excludes halogenated alkanes) is 1. The highest BCUT2D eigenvalue weighted by Crippen LogP contribution is 2.23. The van der Waals surface area contributed by atoms with Crippen LogP contribution in [0.3, 0.4) is 0 Å². The molecule has 0 aliphatic carbocycles. The predicted octanol–water partition coefficient (Wildman–Crippen LogP) is 4.23. The van der Waals surface area contributed by atoms with Crippen molar-refractivity contribution >= 4 is 5.97 Å². The summed E-state index contributed by atoms with van der Waals surface area (Å²) in [6, 6.07) is 14.7. The van der Waals surface area contributed by atoms with Crippen molar-refractivity contribution in [3.8, 4) is 16.9 Å². The quantitative estimate of drug-likeness (QED) is 0.799. The van der Waals surface area contributed by atoms with E-state index in [-0.39, 0.29) is 0 Å². The molecule has 0 saturated heterocycles. The zero-order valence-electron chi connectivity index (χ0n) is 11.5. The Balaban J connectivity index is 2.07. The normalized spacial score (nSPS) is 10.2. The van der Waals surface area contributed by atoms with Gasteiger partial charge in [-0.05, 0) is 41.8 Å². The van der Waals surface area contributed by atoms with Crippen molar-refractivity contribution in [2.24, 2.45) is 0 Å². The van der Waals surface area contributed by atoms with Crippen LogP contribution >= 0.6 is 0 Å². The van der Waals surface area contributed by atoms with Crippen molar-refractivity contribution in [3.63, 3.8) is 0 Å². The third-order valence-corrected chi connectivity index (χ3v) is 3.09. The molecular weight excluding hydrogens is 252 g/mol. The van der Waals surface area contributed by atoms with E-state index in [4.69, 9.17) is 9.84 Å². The van der Waals surface area contributed by atoms with Gasteiger partial charge in [-0.15, -0.1) is 0 Å². The molecule has 104 valence electrons. The lowest BCUT2D eigenvalue weighted by molar-refractivity contribution is 0.0697. The Morgan fingerprint density at radius 1 is 1.00 bits per heavy atom. The molecule has 0 saturated carbocycles. The molecule has 3 nitrogen and oxygen atoms in total. The van der Waals surface area contributed by atoms with Gasteiger partial charge in [-0.1, -0.05) is 37.6 Å². The smallest absolute Gasteiger partial charge is 0.335 e. The molecule has 0 unspecified atom stereocenters. The van der Waals surface area contributed by atoms with E-state index in [1.807, 2.05) is 36.4 Å². The Labute approximate surface area is 118 Å². The van der Waals surface area contributed by atoms with Gasteiger partial charge in [0.05, 0.1) is 12.2 Å². The van der Waals surface area contributed by atoms with Gasteiger partial charge in [0, 0.05) is 0 Å². The highest BCUT2D eigenvalue weighted by atomic mass is 16.5. The first kappa shape index (κ1) is 14.1. The molecule has 2 rings (SSSR count). The van der Waals surface area contributed by atoms with Crippen LogP contribution in [0.5, 0.6) is 5.75 Å². The molecular formula is C17H18O3. The van der Waals surface area contributed by atoms with Crippen LogP contribution in [0.2, 0.25) is 0 Å². The number of benzene rings is 2. The van der Waals surface area contributed by atoms with Crippen molar-refractivity contribution in [2.75, 3.05) is 6.61 Å². The number of aromatic carboxylic acids is 1. The average molecular weight is 270 g/mol. The molecule has 2 aromatic rings. The summed E-state index contributed by atoms with van der Waals surface area (Å²) in [7, 11) is 0. The van der Waals surface area contributed by atoms with Gasteiger partial charge in [0.2, 0.25) is 0 Å². The average Bonchev–Trinajstić information content (AvgIpc) is 2.48. The summed E-state index contributed by atoms with van der Waals surface area (Å²) in [5.74, 6) is -0.0411. The number of hydrogen-bond acceptors (Lipinski definition) is 2. The molecule has 0 spiro atoms. The van der Waals surface area contributed by atoms with Gasteiger partial charge in [0.25, 0.3) is 0 Å². The number of ether oxygens (including phenoxy) is 1. The lowest BCUT2D eigenvalue weighted by Crippen LogP contribution is -1.96. The Morgan fingerprint density at radius 2 is 1.55 bits per heavy atom. The predicted molar refractivity (Wildman–Crippen MR) is 79.2 cm³/mol. The van der Waals surface area contributed by atoms with Gasteiger partial charge < -0.3 is 9.84 Å². The van der Waals surface area contributed by atoms with Gasteiger partial charge in [0.15, 0.2) is 0 Å². The van der Waals surface area contributed by atoms with E-state index in [1.54, 1.807) is 12.1 Å². The molecule has 0 fully saturated rings. The van der Waals surface area contributed by atoms with Crippen LogP contribution in [0.15, 0.2) is 48.5 Å². The van der Waals surface area contributed by atoms with E-state index in [2.05, 4.69) is 6.92 Å². The third-order valence-electron chi connectivity index (χ3n) is 3.09. The first-order valence-electron chi connectivity index (χ1n) is 6.77. The van der Waals surface area contributed by atoms with Crippen molar-refractivity contribution in [2.45, 2.75) is 19.8 Å². The Bertz CT molecular complexity index is 556. The highest BCUT2D eigenvalue weighted by molar-refractivity contribution is 5.88. The van der Waals surface area contributed by atoms with Crippen LogP contribution in [0.1, 0.15) is 30.1 Å². The Kier molecular flexibility index (Phi) is 4.77. The van der Waals surface area contributed by atoms with Crippen LogP contribution < -0.4 is 4.74 Å². The van der Waals surface area contributed by atoms with Gasteiger partial charge in [-0.3, -0.25) is 0 Å². The summed E-state index contributed by atoms with van der Waals surface area (Å²) >= 11 is 0. The molecule has 0 aromatic heterocycles. The molecule has 0 bridgehead atoms. The summed E-state index contributed by atoms with van der Waals surface area (Å²) < 4.78 is 5.61. The molecule has 0 radical (unpaired) electrons. The SMILES string of the molecule is CCCCOc1ccc(-c2ccc(C(=O)O)cc2)cc1. The molecule has 0 aliphatic heterocycles. The second-order valence-corrected chi connectivity index (χ2v) is 4.61. The fourth-order valence-electron chi connectivity index (χ4n) is 1.88. The second kappa shape index (κ2) is 6.75. The van der Waals surface area contributed by atoms with Crippen LogP contribution in [-0.4, -0.2) is 17.7 Å². The first-order chi connectivity index (χ1) is 9.70. The first-order valence-corrected chi connectivity index (χ1v) is 6.77. The molecule has 2 aromatic carbocycles. The molecule has 1 N–H and O–H groups in total. The van der Waals surface area contributed by atoms with Crippen LogP contribution in [-0.2, 0) is 0 Å². The Hall–Kier alpha value is -2.29. The molecule has 0 heterocycles. The van der Waals surface area contributed by atoms with Crippen molar-refractivity contribution < 1.29 is 14.6 Å². The van der Waals surface area contributed by atoms with E-state index < -0.39 is 5.97 Å². The zero-order valence-corrected chi connectivity index (χ0v) is 11.5. The summed E-state index contributed by atoms with van der Waals surface area (Å²) in [6.45, 7) is 2.87. The molecule has 0 aliphatic rings. The number of rotatable bonds is 6. The maximum Gasteiger partial charge on any atom is 0.335 e. The minimum absolute atomic E-state index is 0.299. The van der Waals surface area contributed by atoms with E-state index in [1.165, 1.54) is 0 Å². The van der Waals surface area contributed by atoms with Gasteiger partial charge in [-0.2, -0.15) is 0 Å². The topological polar surface area (TPSA) is 46.5 Å². The molecule has 0 amide bonds. The number of carboxylic acid groups (broad SMARTS) is 1. The second-order valence-electron chi connectivity index (χ2n) is 4.61. The summed E-state index contributed by atoms with van der Waals surface area (Å²) in [4.78, 5) is 10.8. The van der Waals surface area contributed by atoms with Crippen LogP contribution in [0.25, 0.3) is 11.1 Å². The number of carbonyl (C=O) groups is 1. The molecule has 20 heavy (non-hydrogen) atoms. The number of carboxylic acids is 1. The largest absolute Gasteiger partial charge is 0.494 e. The highest BCUT2D eigenvalue weighted by Gasteiger charge is 2.03. The zero-order chi connectivity index (χ0) is 14.4. The van der Waals surface area contributed by atoms with E-state index in [0.717, 1.165) is 36.3 Å². The van der Waals surface area contributed by atoms with Crippen molar-refractivity contribution in [1.29, 1.82) is 0 Å². The van der Waals surface area contributed by atoms with Gasteiger partial charge in [0.1, 0.15) is 5.75 Å². The monoisotopic (exact) mass is 270 g/mol. The summed E-state index contributed by atoms with van der Waals surface area (Å²) in [5.41, 5.74) is 2.34. The van der Waals surface area contributed by atoms with Gasteiger partial charge in [-0.25, -0.2) is 4.79 Å². The maximum absolute atomic E-state index is 10.8. The number of hydrogen-bond donors (Lipinski definition) is 1. The van der Waals surface area contributed by atoms with Gasteiger partial charge >= 0.3 is 5.97 Å². The molecule has 0 atom stereocenters. The minimum atomic E-state index is -0.906. The molecule has 3 heteroatoms. The van der Waals surface area contributed by atoms with Crippen molar-refractivity contribution in [1.82, 2.24) is 0 Å². The van der Waals surface area contributed by atoms with E-state index >= 15 is 0 Å². The lowest BCUT2D eigenvalue weighted by Gasteiger charge is -2.07. The minimum Gasteiger partial charge on any atom is -0.494 e. The fourth-order valence-corrected chi connectivity index (χ4v) is 1.88. The van der Waals surface area contributed by atoms with Crippen LogP contribution in [0, 0.1) is 0 Å².